The van der Waals surface area contributed by atoms with Gasteiger partial charge in [0.25, 0.3) is 0 Å². The fourth-order valence-electron chi connectivity index (χ4n) is 6.11. The molecule has 3 aliphatic rings. The Balaban J connectivity index is 1.74. The Labute approximate surface area is 232 Å². The first-order chi connectivity index (χ1) is 19.0. The maximum absolute atomic E-state index is 14.5. The monoisotopic (exact) mass is 543 g/mol. The van der Waals surface area contributed by atoms with Crippen molar-refractivity contribution in [3.63, 3.8) is 0 Å². The van der Waals surface area contributed by atoms with Crippen molar-refractivity contribution in [3.8, 4) is 17.2 Å². The molecule has 2 aliphatic heterocycles. The normalized spacial score (nSPS) is 27.2. The Kier molecular flexibility index (Phi) is 10.9. The number of ether oxygens (including phenoxy) is 5. The Morgan fingerprint density at radius 2 is 1.69 bits per heavy atom. The first-order valence-corrected chi connectivity index (χ1v) is 14.7. The van der Waals surface area contributed by atoms with E-state index in [1.807, 2.05) is 31.2 Å². The molecule has 8 nitrogen and oxygen atoms in total. The van der Waals surface area contributed by atoms with E-state index in [1.165, 1.54) is 6.42 Å². The zero-order valence-corrected chi connectivity index (χ0v) is 23.8. The van der Waals surface area contributed by atoms with Gasteiger partial charge in [0.2, 0.25) is 11.7 Å². The molecule has 4 rings (SSSR count). The maximum atomic E-state index is 14.5. The van der Waals surface area contributed by atoms with Crippen molar-refractivity contribution in [1.82, 2.24) is 4.90 Å². The molecular formula is C31H45NO7. The molecule has 1 aromatic carbocycles. The summed E-state index contributed by atoms with van der Waals surface area (Å²) in [5, 5.41) is 0. The molecule has 2 fully saturated rings. The number of carbonyl (C=O) groups excluding carboxylic acids is 2. The molecule has 3 atom stereocenters. The third kappa shape index (κ3) is 7.47. The van der Waals surface area contributed by atoms with Crippen LogP contribution in [0.1, 0.15) is 82.6 Å². The highest BCUT2D eigenvalue weighted by molar-refractivity contribution is 5.89. The van der Waals surface area contributed by atoms with Gasteiger partial charge in [-0.05, 0) is 62.6 Å². The smallest absolute Gasteiger partial charge is 0.329 e. The van der Waals surface area contributed by atoms with Crippen molar-refractivity contribution in [3.05, 3.63) is 29.8 Å². The number of nitrogens with zero attached hydrogens (tertiary/aromatic N) is 1. The van der Waals surface area contributed by atoms with E-state index in [0.29, 0.717) is 62.9 Å². The van der Waals surface area contributed by atoms with Crippen molar-refractivity contribution in [2.45, 2.75) is 89.2 Å². The van der Waals surface area contributed by atoms with Crippen LogP contribution in [0, 0.1) is 5.92 Å². The number of amides is 1. The lowest BCUT2D eigenvalue weighted by Crippen LogP contribution is -2.51. The van der Waals surface area contributed by atoms with E-state index in [4.69, 9.17) is 23.7 Å². The Hall–Kier alpha value is -2.74. The number of hydrogen-bond donors (Lipinski definition) is 0. The fraction of sp³-hybridized carbons (Fsp3) is 0.677. The van der Waals surface area contributed by atoms with Gasteiger partial charge in [0.15, 0.2) is 11.5 Å². The van der Waals surface area contributed by atoms with Crippen molar-refractivity contribution in [2.75, 3.05) is 40.6 Å². The number of rotatable bonds is 3. The van der Waals surface area contributed by atoms with Crippen LogP contribution in [0.15, 0.2) is 24.3 Å². The summed E-state index contributed by atoms with van der Waals surface area (Å²) in [6.07, 6.45) is 12.7. The SMILES string of the molecule is COc1cc2cc(c1OC)OCCCOC/C=C/C[C@@H](C)OC(=O)[C@@H]1CCCCN1C(=O)[C@H]2C1CCCCC1. The van der Waals surface area contributed by atoms with Crippen LogP contribution in [0.2, 0.25) is 0 Å². The van der Waals surface area contributed by atoms with E-state index >= 15 is 0 Å². The van der Waals surface area contributed by atoms with Gasteiger partial charge in [-0.2, -0.15) is 0 Å². The molecule has 216 valence electrons. The summed E-state index contributed by atoms with van der Waals surface area (Å²) in [7, 11) is 3.19. The van der Waals surface area contributed by atoms with Crippen LogP contribution in [0.4, 0.5) is 0 Å². The van der Waals surface area contributed by atoms with E-state index < -0.39 is 12.0 Å². The van der Waals surface area contributed by atoms with Crippen LogP contribution in [-0.2, 0) is 19.1 Å². The zero-order chi connectivity index (χ0) is 27.6. The molecule has 1 aromatic rings. The van der Waals surface area contributed by atoms with Crippen LogP contribution in [-0.4, -0.2) is 69.5 Å². The number of cyclic esters (lactones) is 1. The topological polar surface area (TPSA) is 83.5 Å². The molecule has 2 bridgehead atoms. The highest BCUT2D eigenvalue weighted by Gasteiger charge is 2.41. The van der Waals surface area contributed by atoms with Gasteiger partial charge in [0.1, 0.15) is 12.1 Å². The standard InChI is InChI=1S/C31H45NO7/c1-22-12-8-10-17-37-18-11-19-38-27-21-24(20-26(35-2)29(27)36-3)28(23-13-5-4-6-14-23)30(33)32-16-9-7-15-25(32)31(34)39-22/h8,10,20-23,25,28H,4-7,9,11-19H2,1-3H3/b10-8+/t22-,25+,28+/m1/s1. The predicted molar refractivity (Wildman–Crippen MR) is 148 cm³/mol. The second-order valence-electron chi connectivity index (χ2n) is 10.9. The quantitative estimate of drug-likeness (QED) is 0.372. The van der Waals surface area contributed by atoms with Crippen molar-refractivity contribution in [1.29, 1.82) is 0 Å². The molecule has 0 radical (unpaired) electrons. The Morgan fingerprint density at radius 1 is 0.897 bits per heavy atom. The van der Waals surface area contributed by atoms with E-state index in [0.717, 1.165) is 44.1 Å². The minimum atomic E-state index is -0.565. The molecule has 0 N–H and O–H groups in total. The van der Waals surface area contributed by atoms with Crippen LogP contribution in [0.25, 0.3) is 0 Å². The Morgan fingerprint density at radius 3 is 2.46 bits per heavy atom. The molecule has 8 heteroatoms. The number of benzene rings is 1. The lowest BCUT2D eigenvalue weighted by Gasteiger charge is -2.39. The number of hydrogen-bond acceptors (Lipinski definition) is 7. The molecule has 0 spiro atoms. The van der Waals surface area contributed by atoms with Crippen LogP contribution >= 0.6 is 0 Å². The van der Waals surface area contributed by atoms with E-state index in [2.05, 4.69) is 0 Å². The summed E-state index contributed by atoms with van der Waals surface area (Å²) in [6.45, 7) is 3.94. The molecule has 39 heavy (non-hydrogen) atoms. The van der Waals surface area contributed by atoms with E-state index in [1.54, 1.807) is 19.1 Å². The fourth-order valence-corrected chi connectivity index (χ4v) is 6.11. The van der Waals surface area contributed by atoms with Crippen molar-refractivity contribution in [2.24, 2.45) is 5.92 Å². The van der Waals surface area contributed by atoms with Crippen molar-refractivity contribution >= 4 is 11.9 Å². The number of esters is 1. The van der Waals surface area contributed by atoms with Gasteiger partial charge in [-0.3, -0.25) is 4.79 Å². The van der Waals surface area contributed by atoms with Gasteiger partial charge in [0, 0.05) is 19.4 Å². The minimum Gasteiger partial charge on any atom is -0.493 e. The largest absolute Gasteiger partial charge is 0.493 e. The molecule has 0 aromatic heterocycles. The second kappa shape index (κ2) is 14.6. The summed E-state index contributed by atoms with van der Waals surface area (Å²) in [5.41, 5.74) is 0.851. The third-order valence-electron chi connectivity index (χ3n) is 8.13. The zero-order valence-electron chi connectivity index (χ0n) is 23.8. The molecule has 1 amide bonds. The molecule has 1 saturated heterocycles. The number of piperidine rings is 1. The Bertz CT molecular complexity index is 987. The van der Waals surface area contributed by atoms with Crippen LogP contribution < -0.4 is 14.2 Å². The first-order valence-electron chi connectivity index (χ1n) is 14.7. The summed E-state index contributed by atoms with van der Waals surface area (Å²) in [5.74, 6) is 1.08. The maximum Gasteiger partial charge on any atom is 0.329 e. The predicted octanol–water partition coefficient (Wildman–Crippen LogP) is 5.43. The van der Waals surface area contributed by atoms with Crippen molar-refractivity contribution < 1.29 is 33.3 Å². The average Bonchev–Trinajstić information content (AvgIpc) is 2.96. The van der Waals surface area contributed by atoms with Gasteiger partial charge in [-0.1, -0.05) is 31.4 Å². The van der Waals surface area contributed by atoms with Crippen LogP contribution in [0.5, 0.6) is 17.2 Å². The van der Waals surface area contributed by atoms with Gasteiger partial charge in [-0.15, -0.1) is 0 Å². The van der Waals surface area contributed by atoms with Gasteiger partial charge in [0.05, 0.1) is 40.0 Å². The summed E-state index contributed by atoms with van der Waals surface area (Å²) >= 11 is 0. The number of carbonyl (C=O) groups is 2. The average molecular weight is 544 g/mol. The van der Waals surface area contributed by atoms with Crippen LogP contribution in [0.3, 0.4) is 0 Å². The highest BCUT2D eigenvalue weighted by Crippen LogP contribution is 2.45. The molecule has 1 aliphatic carbocycles. The van der Waals surface area contributed by atoms with E-state index in [9.17, 15) is 9.59 Å². The van der Waals surface area contributed by atoms with E-state index in [-0.39, 0.29) is 23.9 Å². The molecule has 2 heterocycles. The summed E-state index contributed by atoms with van der Waals surface area (Å²) in [4.78, 5) is 29.6. The third-order valence-corrected chi connectivity index (χ3v) is 8.13. The number of methoxy groups -OCH3 is 2. The van der Waals surface area contributed by atoms with Gasteiger partial charge in [-0.25, -0.2) is 4.79 Å². The second-order valence-corrected chi connectivity index (χ2v) is 10.9. The molecule has 0 unspecified atom stereocenters. The first kappa shape index (κ1) is 29.2. The lowest BCUT2D eigenvalue weighted by atomic mass is 9.75. The molecular weight excluding hydrogens is 498 g/mol. The summed E-state index contributed by atoms with van der Waals surface area (Å²) < 4.78 is 29.1. The number of fused-ring (bicyclic) bond motifs is 3. The molecule has 1 saturated carbocycles. The van der Waals surface area contributed by atoms with Gasteiger partial charge >= 0.3 is 5.97 Å². The highest BCUT2D eigenvalue weighted by atomic mass is 16.5. The lowest BCUT2D eigenvalue weighted by molar-refractivity contribution is -0.161. The minimum absolute atomic E-state index is 0.000542. The van der Waals surface area contributed by atoms with Gasteiger partial charge < -0.3 is 28.6 Å². The summed E-state index contributed by atoms with van der Waals surface area (Å²) in [6, 6.07) is 3.29.